The monoisotopic (exact) mass is 528 g/mol. The Bertz CT molecular complexity index is 1440. The Kier molecular flexibility index (Phi) is 6.29. The zero-order chi connectivity index (χ0) is 27.6. The summed E-state index contributed by atoms with van der Waals surface area (Å²) in [5.41, 5.74) is 7.13. The lowest BCUT2D eigenvalue weighted by Gasteiger charge is -2.21. The number of carbonyl (C=O) groups excluding carboxylic acids is 1. The van der Waals surface area contributed by atoms with E-state index in [-0.39, 0.29) is 48.1 Å². The Labute approximate surface area is 230 Å². The number of fused-ring (bicyclic) bond motifs is 4. The van der Waals surface area contributed by atoms with Gasteiger partial charge in [0, 0.05) is 35.7 Å². The van der Waals surface area contributed by atoms with Crippen molar-refractivity contribution in [3.63, 3.8) is 0 Å². The number of pyridine rings is 1. The van der Waals surface area contributed by atoms with Crippen LogP contribution in [0, 0.1) is 24.6 Å². The maximum absolute atomic E-state index is 15.3. The van der Waals surface area contributed by atoms with Gasteiger partial charge in [-0.05, 0) is 106 Å². The van der Waals surface area contributed by atoms with E-state index in [0.717, 1.165) is 29.5 Å². The molecule has 1 heterocycles. The largest absolute Gasteiger partial charge is 0.473 e. The van der Waals surface area contributed by atoms with Crippen LogP contribution in [0.2, 0.25) is 0 Å². The zero-order valence-corrected chi connectivity index (χ0v) is 23.6. The van der Waals surface area contributed by atoms with Crippen LogP contribution >= 0.6 is 0 Å². The van der Waals surface area contributed by atoms with Gasteiger partial charge in [0.05, 0.1) is 5.92 Å². The molecule has 3 aliphatic carbocycles. The number of aromatic nitrogens is 1. The summed E-state index contributed by atoms with van der Waals surface area (Å²) in [6, 6.07) is 14.3. The first-order valence-corrected chi connectivity index (χ1v) is 13.9. The van der Waals surface area contributed by atoms with Crippen molar-refractivity contribution in [2.45, 2.75) is 70.6 Å². The van der Waals surface area contributed by atoms with Gasteiger partial charge in [-0.15, -0.1) is 0 Å². The van der Waals surface area contributed by atoms with E-state index in [0.29, 0.717) is 11.4 Å². The average Bonchev–Trinajstić information content (AvgIpc) is 3.26. The van der Waals surface area contributed by atoms with E-state index in [1.807, 2.05) is 39.1 Å². The van der Waals surface area contributed by atoms with Crippen LogP contribution in [0.4, 0.5) is 4.39 Å². The van der Waals surface area contributed by atoms with Gasteiger partial charge in [-0.25, -0.2) is 9.37 Å². The first-order chi connectivity index (χ1) is 18.5. The smallest absolute Gasteiger partial charge is 0.310 e. The number of esters is 1. The van der Waals surface area contributed by atoms with Gasteiger partial charge in [0.2, 0.25) is 5.88 Å². The summed E-state index contributed by atoms with van der Waals surface area (Å²) >= 11 is 0. The molecule has 0 unspecified atom stereocenters. The number of hydrogen-bond acceptors (Lipinski definition) is 5. The second-order valence-electron chi connectivity index (χ2n) is 12.7. The van der Waals surface area contributed by atoms with Crippen LogP contribution in [0.1, 0.15) is 84.0 Å². The Morgan fingerprint density at radius 1 is 1.08 bits per heavy atom. The molecule has 0 bridgehead atoms. The molecule has 0 spiro atoms. The van der Waals surface area contributed by atoms with Crippen molar-refractivity contribution in [3.05, 3.63) is 93.4 Å². The van der Waals surface area contributed by atoms with Crippen LogP contribution in [0.15, 0.2) is 48.7 Å². The van der Waals surface area contributed by atoms with E-state index in [9.17, 15) is 4.79 Å². The van der Waals surface area contributed by atoms with Crippen molar-refractivity contribution in [2.24, 2.45) is 11.8 Å². The minimum Gasteiger partial charge on any atom is -0.473 e. The van der Waals surface area contributed by atoms with Crippen molar-refractivity contribution < 1.29 is 18.7 Å². The molecule has 5 atom stereocenters. The third-order valence-electron chi connectivity index (χ3n) is 8.67. The first-order valence-electron chi connectivity index (χ1n) is 13.9. The van der Waals surface area contributed by atoms with Crippen molar-refractivity contribution >= 4 is 5.97 Å². The Hall–Kier alpha value is -3.25. The molecule has 3 aliphatic rings. The van der Waals surface area contributed by atoms with Crippen molar-refractivity contribution in [3.8, 4) is 5.88 Å². The summed E-state index contributed by atoms with van der Waals surface area (Å²) in [4.78, 5) is 19.3. The van der Waals surface area contributed by atoms with Crippen LogP contribution in [0.25, 0.3) is 0 Å². The molecule has 6 rings (SSSR count). The Morgan fingerprint density at radius 2 is 1.85 bits per heavy atom. The highest BCUT2D eigenvalue weighted by atomic mass is 19.1. The minimum absolute atomic E-state index is 0.0713. The third-order valence-corrected chi connectivity index (χ3v) is 8.67. The van der Waals surface area contributed by atoms with E-state index in [1.54, 1.807) is 6.07 Å². The summed E-state index contributed by atoms with van der Waals surface area (Å²) in [5.74, 6) is 0.751. The van der Waals surface area contributed by atoms with Gasteiger partial charge in [0.25, 0.3) is 0 Å². The quantitative estimate of drug-likeness (QED) is 0.343. The van der Waals surface area contributed by atoms with Gasteiger partial charge >= 0.3 is 5.97 Å². The van der Waals surface area contributed by atoms with E-state index >= 15 is 4.39 Å². The highest BCUT2D eigenvalue weighted by Crippen LogP contribution is 2.62. The van der Waals surface area contributed by atoms with Gasteiger partial charge in [-0.2, -0.15) is 0 Å². The predicted octanol–water partition coefficient (Wildman–Crippen LogP) is 6.47. The van der Waals surface area contributed by atoms with Crippen LogP contribution in [0.3, 0.4) is 0 Å². The van der Waals surface area contributed by atoms with Crippen LogP contribution in [-0.2, 0) is 22.6 Å². The number of halogens is 1. The summed E-state index contributed by atoms with van der Waals surface area (Å²) < 4.78 is 27.0. The van der Waals surface area contributed by atoms with Gasteiger partial charge < -0.3 is 14.4 Å². The fourth-order valence-electron chi connectivity index (χ4n) is 6.78. The first kappa shape index (κ1) is 26.0. The lowest BCUT2D eigenvalue weighted by Crippen LogP contribution is -2.26. The normalized spacial score (nSPS) is 24.8. The van der Waals surface area contributed by atoms with Crippen LogP contribution in [0.5, 0.6) is 5.88 Å². The topological polar surface area (TPSA) is 51.7 Å². The second kappa shape index (κ2) is 9.44. The third kappa shape index (κ3) is 4.73. The van der Waals surface area contributed by atoms with E-state index in [2.05, 4.69) is 55.2 Å². The van der Waals surface area contributed by atoms with Crippen molar-refractivity contribution in [2.75, 3.05) is 14.1 Å². The van der Waals surface area contributed by atoms with Gasteiger partial charge in [-0.1, -0.05) is 24.3 Å². The Balaban J connectivity index is 1.19. The molecule has 1 fully saturated rings. The molecule has 1 aromatic heterocycles. The molecule has 0 saturated heterocycles. The molecule has 204 valence electrons. The number of nitrogens with zero attached hydrogens (tertiary/aromatic N) is 2. The molecule has 5 nitrogen and oxygen atoms in total. The lowest BCUT2D eigenvalue weighted by atomic mass is 9.89. The molecule has 0 N–H and O–H groups in total. The summed E-state index contributed by atoms with van der Waals surface area (Å²) in [6.45, 7) is 7.95. The molecular weight excluding hydrogens is 491 g/mol. The summed E-state index contributed by atoms with van der Waals surface area (Å²) in [6.07, 6.45) is 3.57. The van der Waals surface area contributed by atoms with Crippen LogP contribution in [-0.4, -0.2) is 35.5 Å². The standard InChI is InChI=1S/C33H37FN2O3/c1-18-9-7-8-10-21(18)23-15-28(36(5)6)24-14-27(34)20(12-22(23)24)17-38-29-13-19-11-25-30(26(19)16-35-29)31(25)32(37)39-33(2,3)4/h7-10,12-14,16,23,25,28,30-31H,11,15,17H2,1-6H3/t23-,25-,28+,30-,31+/m1/s1. The SMILES string of the molecule is Cc1ccccc1[C@H]1C[C@H](N(C)C)c2cc(F)c(COc3cc4c(cn3)[C@H]3[C@@H](C4)[C@@H]3C(=O)OC(C)(C)C)cc21. The molecular formula is C33H37FN2O3. The number of ether oxygens (including phenoxy) is 2. The molecule has 1 saturated carbocycles. The molecule has 39 heavy (non-hydrogen) atoms. The highest BCUT2D eigenvalue weighted by molar-refractivity contribution is 5.80. The second-order valence-corrected chi connectivity index (χ2v) is 12.7. The number of rotatable bonds is 6. The highest BCUT2D eigenvalue weighted by Gasteiger charge is 2.61. The number of hydrogen-bond donors (Lipinski definition) is 0. The van der Waals surface area contributed by atoms with E-state index in [1.165, 1.54) is 16.7 Å². The van der Waals surface area contributed by atoms with Gasteiger partial charge in [0.1, 0.15) is 18.0 Å². The molecule has 0 aliphatic heterocycles. The van der Waals surface area contributed by atoms with E-state index < -0.39 is 5.60 Å². The molecule has 3 aromatic rings. The Morgan fingerprint density at radius 3 is 2.56 bits per heavy atom. The predicted molar refractivity (Wildman–Crippen MR) is 148 cm³/mol. The number of benzene rings is 2. The fourth-order valence-corrected chi connectivity index (χ4v) is 6.78. The van der Waals surface area contributed by atoms with E-state index in [4.69, 9.17) is 9.47 Å². The molecule has 2 aromatic carbocycles. The molecule has 0 radical (unpaired) electrons. The fraction of sp³-hybridized carbons (Fsp3) is 0.455. The average molecular weight is 529 g/mol. The van der Waals surface area contributed by atoms with Crippen molar-refractivity contribution in [1.29, 1.82) is 0 Å². The lowest BCUT2D eigenvalue weighted by molar-refractivity contribution is -0.157. The minimum atomic E-state index is -0.479. The summed E-state index contributed by atoms with van der Waals surface area (Å²) in [5, 5.41) is 0. The summed E-state index contributed by atoms with van der Waals surface area (Å²) in [7, 11) is 4.12. The van der Waals surface area contributed by atoms with Gasteiger partial charge in [-0.3, -0.25) is 4.79 Å². The van der Waals surface area contributed by atoms with Crippen molar-refractivity contribution in [1.82, 2.24) is 9.88 Å². The zero-order valence-electron chi connectivity index (χ0n) is 23.6. The number of carbonyl (C=O) groups is 1. The number of aryl methyl sites for hydroxylation is 1. The van der Waals surface area contributed by atoms with Crippen LogP contribution < -0.4 is 4.74 Å². The molecule has 6 heteroatoms. The molecule has 0 amide bonds. The maximum atomic E-state index is 15.3. The van der Waals surface area contributed by atoms with Gasteiger partial charge in [0.15, 0.2) is 0 Å². The maximum Gasteiger partial charge on any atom is 0.310 e.